The number of rotatable bonds is 3. The fraction of sp³-hybridized carbons (Fsp3) is 0.500. The number of aliphatic hydroxyl groups excluding tert-OH is 1. The number of aromatic nitrogens is 2. The van der Waals surface area contributed by atoms with E-state index in [9.17, 15) is 5.11 Å². The topological polar surface area (TPSA) is 46.0 Å². The first-order valence-corrected chi connectivity index (χ1v) is 7.72. The molecule has 108 valence electrons. The van der Waals surface area contributed by atoms with Gasteiger partial charge in [0.1, 0.15) is 0 Å². The van der Waals surface area contributed by atoms with Crippen molar-refractivity contribution in [2.24, 2.45) is 0 Å². The highest BCUT2D eigenvalue weighted by atomic mass is 32.1. The summed E-state index contributed by atoms with van der Waals surface area (Å²) in [5, 5.41) is 13.4. The molecule has 0 aliphatic carbocycles. The summed E-state index contributed by atoms with van der Waals surface area (Å²) in [7, 11) is 0. The molecule has 3 nitrogen and oxygen atoms in total. The summed E-state index contributed by atoms with van der Waals surface area (Å²) in [5.41, 5.74) is 3.94. The predicted molar refractivity (Wildman–Crippen MR) is 83.2 cm³/mol. The van der Waals surface area contributed by atoms with Crippen molar-refractivity contribution in [3.63, 3.8) is 0 Å². The van der Waals surface area contributed by atoms with E-state index < -0.39 is 6.10 Å². The maximum Gasteiger partial charge on any atom is 0.0957 e. The van der Waals surface area contributed by atoms with Gasteiger partial charge in [-0.1, -0.05) is 20.8 Å². The zero-order chi connectivity index (χ0) is 14.9. The minimum Gasteiger partial charge on any atom is -0.388 e. The number of aryl methyl sites for hydroxylation is 2. The van der Waals surface area contributed by atoms with Crippen LogP contribution in [0.15, 0.2) is 17.5 Å². The van der Waals surface area contributed by atoms with Crippen molar-refractivity contribution in [2.45, 2.75) is 52.6 Å². The molecule has 0 fully saturated rings. The van der Waals surface area contributed by atoms with Crippen LogP contribution in [-0.4, -0.2) is 15.1 Å². The van der Waals surface area contributed by atoms with Crippen LogP contribution in [0.4, 0.5) is 0 Å². The third kappa shape index (κ3) is 3.64. The van der Waals surface area contributed by atoms with E-state index in [2.05, 4.69) is 36.1 Å². The van der Waals surface area contributed by atoms with E-state index in [0.717, 1.165) is 27.7 Å². The number of thiazole rings is 1. The minimum atomic E-state index is -0.519. The molecule has 2 rings (SSSR count). The predicted octanol–water partition coefficient (Wildman–Crippen LogP) is 3.73. The lowest BCUT2D eigenvalue weighted by atomic mass is 9.93. The molecule has 0 aliphatic rings. The smallest absolute Gasteiger partial charge is 0.0957 e. The van der Waals surface area contributed by atoms with Gasteiger partial charge in [0, 0.05) is 28.6 Å². The summed E-state index contributed by atoms with van der Waals surface area (Å²) in [5.74, 6) is 0. The molecular weight excluding hydrogens is 268 g/mol. The van der Waals surface area contributed by atoms with Crippen LogP contribution in [0.25, 0.3) is 0 Å². The zero-order valence-electron chi connectivity index (χ0n) is 12.8. The van der Waals surface area contributed by atoms with Gasteiger partial charge < -0.3 is 5.11 Å². The lowest BCUT2D eigenvalue weighted by Gasteiger charge is -2.14. The average molecular weight is 290 g/mol. The second kappa shape index (κ2) is 5.62. The van der Waals surface area contributed by atoms with E-state index in [-0.39, 0.29) is 5.41 Å². The Kier molecular flexibility index (Phi) is 4.25. The van der Waals surface area contributed by atoms with Gasteiger partial charge in [-0.25, -0.2) is 4.98 Å². The van der Waals surface area contributed by atoms with Gasteiger partial charge >= 0.3 is 0 Å². The van der Waals surface area contributed by atoms with Gasteiger partial charge in [0.25, 0.3) is 0 Å². The van der Waals surface area contributed by atoms with E-state index >= 15 is 0 Å². The van der Waals surface area contributed by atoms with Gasteiger partial charge in [0.2, 0.25) is 0 Å². The first kappa shape index (κ1) is 15.1. The number of nitrogens with zero attached hydrogens (tertiary/aromatic N) is 2. The molecule has 4 heteroatoms. The summed E-state index contributed by atoms with van der Waals surface area (Å²) in [4.78, 5) is 8.97. The Labute approximate surface area is 124 Å². The molecule has 1 atom stereocenters. The third-order valence-electron chi connectivity index (χ3n) is 3.18. The Morgan fingerprint density at radius 2 is 1.75 bits per heavy atom. The Bertz CT molecular complexity index is 579. The summed E-state index contributed by atoms with van der Waals surface area (Å²) in [6, 6.07) is 3.88. The summed E-state index contributed by atoms with van der Waals surface area (Å²) >= 11 is 1.62. The SMILES string of the molecule is Cc1cc(C(O)Cc2nc(C(C)(C)C)cs2)cc(C)n1. The Balaban J connectivity index is 2.15. The molecule has 0 saturated carbocycles. The van der Waals surface area contributed by atoms with Gasteiger partial charge in [0.15, 0.2) is 0 Å². The fourth-order valence-corrected chi connectivity index (χ4v) is 3.15. The highest BCUT2D eigenvalue weighted by Gasteiger charge is 2.19. The molecule has 1 unspecified atom stereocenters. The number of hydrogen-bond acceptors (Lipinski definition) is 4. The van der Waals surface area contributed by atoms with Crippen LogP contribution in [0.3, 0.4) is 0 Å². The van der Waals surface area contributed by atoms with E-state index in [1.807, 2.05) is 26.0 Å². The molecule has 2 heterocycles. The molecule has 0 bridgehead atoms. The molecule has 0 radical (unpaired) electrons. The van der Waals surface area contributed by atoms with E-state index in [4.69, 9.17) is 0 Å². The van der Waals surface area contributed by atoms with Crippen molar-refractivity contribution in [2.75, 3.05) is 0 Å². The van der Waals surface area contributed by atoms with Crippen LogP contribution in [-0.2, 0) is 11.8 Å². The van der Waals surface area contributed by atoms with Crippen molar-refractivity contribution in [1.29, 1.82) is 0 Å². The fourth-order valence-electron chi connectivity index (χ4n) is 2.09. The van der Waals surface area contributed by atoms with E-state index in [1.54, 1.807) is 11.3 Å². The minimum absolute atomic E-state index is 0.0591. The Morgan fingerprint density at radius 3 is 2.25 bits per heavy atom. The monoisotopic (exact) mass is 290 g/mol. The third-order valence-corrected chi connectivity index (χ3v) is 4.05. The zero-order valence-corrected chi connectivity index (χ0v) is 13.6. The summed E-state index contributed by atoms with van der Waals surface area (Å²) in [6.45, 7) is 10.3. The van der Waals surface area contributed by atoms with E-state index in [1.165, 1.54) is 0 Å². The van der Waals surface area contributed by atoms with Gasteiger partial charge in [-0.15, -0.1) is 11.3 Å². The average Bonchev–Trinajstić information content (AvgIpc) is 2.75. The van der Waals surface area contributed by atoms with Crippen LogP contribution in [0.5, 0.6) is 0 Å². The summed E-state index contributed by atoms with van der Waals surface area (Å²) < 4.78 is 0. The maximum absolute atomic E-state index is 10.4. The second-order valence-electron chi connectivity index (χ2n) is 6.28. The normalized spacial score (nSPS) is 13.5. The van der Waals surface area contributed by atoms with Crippen molar-refractivity contribution in [3.8, 4) is 0 Å². The van der Waals surface area contributed by atoms with Crippen LogP contribution in [0.1, 0.15) is 54.5 Å². The number of aliphatic hydroxyl groups is 1. The molecular formula is C16H22N2OS. The van der Waals surface area contributed by atoms with Crippen LogP contribution in [0.2, 0.25) is 0 Å². The molecule has 0 aromatic carbocycles. The van der Waals surface area contributed by atoms with Crippen LogP contribution < -0.4 is 0 Å². The number of pyridine rings is 1. The molecule has 0 spiro atoms. The molecule has 1 N–H and O–H groups in total. The molecule has 20 heavy (non-hydrogen) atoms. The van der Waals surface area contributed by atoms with Crippen LogP contribution in [0, 0.1) is 13.8 Å². The maximum atomic E-state index is 10.4. The largest absolute Gasteiger partial charge is 0.388 e. The second-order valence-corrected chi connectivity index (χ2v) is 7.22. The summed E-state index contributed by atoms with van der Waals surface area (Å²) in [6.07, 6.45) is 0.0401. The molecule has 0 aliphatic heterocycles. The van der Waals surface area contributed by atoms with Crippen molar-refractivity contribution in [3.05, 3.63) is 45.2 Å². The van der Waals surface area contributed by atoms with Gasteiger partial charge in [-0.05, 0) is 31.5 Å². The first-order valence-electron chi connectivity index (χ1n) is 6.84. The molecule has 0 saturated heterocycles. The molecule has 2 aromatic heterocycles. The Hall–Kier alpha value is -1.26. The van der Waals surface area contributed by atoms with Gasteiger partial charge in [-0.2, -0.15) is 0 Å². The van der Waals surface area contributed by atoms with E-state index in [0.29, 0.717) is 6.42 Å². The van der Waals surface area contributed by atoms with Gasteiger partial charge in [0.05, 0.1) is 16.8 Å². The molecule has 0 amide bonds. The van der Waals surface area contributed by atoms with Gasteiger partial charge in [-0.3, -0.25) is 4.98 Å². The highest BCUT2D eigenvalue weighted by Crippen LogP contribution is 2.27. The van der Waals surface area contributed by atoms with Crippen molar-refractivity contribution < 1.29 is 5.11 Å². The lowest BCUT2D eigenvalue weighted by molar-refractivity contribution is 0.178. The standard InChI is InChI=1S/C16H22N2OS/c1-10-6-12(7-11(2)17-10)13(19)8-15-18-14(9-20-15)16(3,4)5/h6-7,9,13,19H,8H2,1-5H3. The molecule has 2 aromatic rings. The van der Waals surface area contributed by atoms with Crippen LogP contribution >= 0.6 is 11.3 Å². The first-order chi connectivity index (χ1) is 9.25. The van der Waals surface area contributed by atoms with Crippen molar-refractivity contribution in [1.82, 2.24) is 9.97 Å². The Morgan fingerprint density at radius 1 is 1.15 bits per heavy atom. The number of hydrogen-bond donors (Lipinski definition) is 1. The highest BCUT2D eigenvalue weighted by molar-refractivity contribution is 7.09. The van der Waals surface area contributed by atoms with Crippen molar-refractivity contribution >= 4 is 11.3 Å². The quantitative estimate of drug-likeness (QED) is 0.937. The lowest BCUT2D eigenvalue weighted by Crippen LogP contribution is -2.12.